The number of hydrogen-bond acceptors (Lipinski definition) is 3. The van der Waals surface area contributed by atoms with E-state index in [-0.39, 0.29) is 11.3 Å². The topological polar surface area (TPSA) is 59.0 Å². The van der Waals surface area contributed by atoms with Crippen LogP contribution < -0.4 is 10.6 Å². The van der Waals surface area contributed by atoms with E-state index in [1.54, 1.807) is 6.07 Å². The zero-order chi connectivity index (χ0) is 18.6. The van der Waals surface area contributed by atoms with Crippen molar-refractivity contribution in [1.29, 1.82) is 0 Å². The first-order valence-corrected chi connectivity index (χ1v) is 9.63. The second kappa shape index (κ2) is 8.04. The van der Waals surface area contributed by atoms with E-state index in [4.69, 9.17) is 0 Å². The molecule has 26 heavy (non-hydrogen) atoms. The van der Waals surface area contributed by atoms with E-state index in [0.29, 0.717) is 18.3 Å². The summed E-state index contributed by atoms with van der Waals surface area (Å²) < 4.78 is 1.92. The molecule has 1 aliphatic rings. The van der Waals surface area contributed by atoms with Gasteiger partial charge in [-0.15, -0.1) is 0 Å². The summed E-state index contributed by atoms with van der Waals surface area (Å²) >= 11 is 0. The van der Waals surface area contributed by atoms with Crippen molar-refractivity contribution in [3.63, 3.8) is 0 Å². The standard InChI is InChI=1S/C21H30N4O/c1-4-21(2,3)17-9-7-16(8-10-17)14-23-20(26)19-11-13-25(24-19)18-6-5-12-22-15-18/h7-11,13,18,22H,4-6,12,14-15H2,1-3H3,(H,23,26). The lowest BCUT2D eigenvalue weighted by Gasteiger charge is -2.23. The molecule has 0 aliphatic carbocycles. The third kappa shape index (κ3) is 4.33. The van der Waals surface area contributed by atoms with Gasteiger partial charge < -0.3 is 10.6 Å². The number of carbonyl (C=O) groups excluding carboxylic acids is 1. The van der Waals surface area contributed by atoms with Crippen LogP contribution in [0.2, 0.25) is 0 Å². The molecule has 0 spiro atoms. The summed E-state index contributed by atoms with van der Waals surface area (Å²) in [6, 6.07) is 10.7. The lowest BCUT2D eigenvalue weighted by atomic mass is 9.82. The van der Waals surface area contributed by atoms with Gasteiger partial charge in [-0.25, -0.2) is 0 Å². The van der Waals surface area contributed by atoms with E-state index in [1.165, 1.54) is 5.56 Å². The van der Waals surface area contributed by atoms with Crippen LogP contribution in [0.1, 0.15) is 67.7 Å². The van der Waals surface area contributed by atoms with Crippen LogP contribution in [0.15, 0.2) is 36.5 Å². The summed E-state index contributed by atoms with van der Waals surface area (Å²) in [5, 5.41) is 10.8. The van der Waals surface area contributed by atoms with Crippen LogP contribution in [0.4, 0.5) is 0 Å². The molecule has 2 aromatic rings. The summed E-state index contributed by atoms with van der Waals surface area (Å²) in [5.41, 5.74) is 3.10. The summed E-state index contributed by atoms with van der Waals surface area (Å²) in [6.45, 7) is 9.21. The van der Waals surface area contributed by atoms with Gasteiger partial charge in [-0.3, -0.25) is 9.48 Å². The van der Waals surface area contributed by atoms with Crippen molar-refractivity contribution in [1.82, 2.24) is 20.4 Å². The van der Waals surface area contributed by atoms with E-state index in [1.807, 2.05) is 10.9 Å². The van der Waals surface area contributed by atoms with E-state index < -0.39 is 0 Å². The Labute approximate surface area is 156 Å². The van der Waals surface area contributed by atoms with Gasteiger partial charge in [0.05, 0.1) is 6.04 Å². The van der Waals surface area contributed by atoms with Gasteiger partial charge in [-0.05, 0) is 48.4 Å². The normalized spacial score (nSPS) is 17.9. The summed E-state index contributed by atoms with van der Waals surface area (Å²) in [5.74, 6) is -0.120. The van der Waals surface area contributed by atoms with E-state index in [0.717, 1.165) is 37.9 Å². The van der Waals surface area contributed by atoms with Gasteiger partial charge in [0.15, 0.2) is 0 Å². The van der Waals surface area contributed by atoms with E-state index in [2.05, 4.69) is 60.8 Å². The minimum absolute atomic E-state index is 0.120. The SMILES string of the molecule is CCC(C)(C)c1ccc(CNC(=O)c2ccn(C3CCCNC3)n2)cc1. The first-order valence-electron chi connectivity index (χ1n) is 9.63. The average Bonchev–Trinajstić information content (AvgIpc) is 3.17. The van der Waals surface area contributed by atoms with Crippen LogP contribution in [0.25, 0.3) is 0 Å². The van der Waals surface area contributed by atoms with Gasteiger partial charge in [-0.2, -0.15) is 5.10 Å². The van der Waals surface area contributed by atoms with E-state index in [9.17, 15) is 4.79 Å². The minimum atomic E-state index is -0.120. The third-order valence-corrected chi connectivity index (χ3v) is 5.56. The van der Waals surface area contributed by atoms with E-state index >= 15 is 0 Å². The molecule has 0 radical (unpaired) electrons. The molecule has 5 nitrogen and oxygen atoms in total. The van der Waals surface area contributed by atoms with Gasteiger partial charge in [-0.1, -0.05) is 45.0 Å². The molecule has 1 atom stereocenters. The van der Waals surface area contributed by atoms with Crippen LogP contribution in [0.3, 0.4) is 0 Å². The van der Waals surface area contributed by atoms with Crippen LogP contribution in [-0.2, 0) is 12.0 Å². The van der Waals surface area contributed by atoms with Gasteiger partial charge >= 0.3 is 0 Å². The molecule has 1 unspecified atom stereocenters. The van der Waals surface area contributed by atoms with Crippen molar-refractivity contribution in [3.8, 4) is 0 Å². The summed E-state index contributed by atoms with van der Waals surface area (Å²) in [7, 11) is 0. The summed E-state index contributed by atoms with van der Waals surface area (Å²) in [6.07, 6.45) is 5.27. The summed E-state index contributed by atoms with van der Waals surface area (Å²) in [4.78, 5) is 12.4. The van der Waals surface area contributed by atoms with Crippen LogP contribution in [-0.4, -0.2) is 28.8 Å². The molecule has 1 aliphatic heterocycles. The predicted molar refractivity (Wildman–Crippen MR) is 104 cm³/mol. The number of nitrogens with zero attached hydrogens (tertiary/aromatic N) is 2. The Bertz CT molecular complexity index is 727. The number of amides is 1. The Morgan fingerprint density at radius 1 is 1.31 bits per heavy atom. The first kappa shape index (κ1) is 18.6. The molecule has 0 saturated carbocycles. The molecule has 0 bridgehead atoms. The largest absolute Gasteiger partial charge is 0.347 e. The maximum absolute atomic E-state index is 12.4. The molecule has 140 valence electrons. The molecule has 1 amide bonds. The quantitative estimate of drug-likeness (QED) is 0.836. The van der Waals surface area contributed by atoms with Crippen molar-refractivity contribution in [2.75, 3.05) is 13.1 Å². The Kier molecular flexibility index (Phi) is 5.77. The van der Waals surface area contributed by atoms with Crippen molar-refractivity contribution >= 4 is 5.91 Å². The molecule has 3 rings (SSSR count). The molecule has 1 fully saturated rings. The maximum atomic E-state index is 12.4. The Hall–Kier alpha value is -2.14. The van der Waals surface area contributed by atoms with Crippen LogP contribution in [0.5, 0.6) is 0 Å². The molecule has 2 N–H and O–H groups in total. The average molecular weight is 354 g/mol. The lowest BCUT2D eigenvalue weighted by molar-refractivity contribution is 0.0944. The molecule has 2 heterocycles. The van der Waals surface area contributed by atoms with Crippen molar-refractivity contribution in [2.45, 2.75) is 58.0 Å². The Balaban J connectivity index is 1.56. The van der Waals surface area contributed by atoms with Crippen LogP contribution >= 0.6 is 0 Å². The number of nitrogens with one attached hydrogen (secondary N) is 2. The smallest absolute Gasteiger partial charge is 0.272 e. The van der Waals surface area contributed by atoms with Gasteiger partial charge in [0.25, 0.3) is 5.91 Å². The highest BCUT2D eigenvalue weighted by Crippen LogP contribution is 2.26. The number of rotatable bonds is 6. The maximum Gasteiger partial charge on any atom is 0.272 e. The van der Waals surface area contributed by atoms with Gasteiger partial charge in [0, 0.05) is 19.3 Å². The number of carbonyl (C=O) groups is 1. The molecular formula is C21H30N4O. The molecule has 1 aromatic heterocycles. The zero-order valence-corrected chi connectivity index (χ0v) is 16.1. The number of piperidine rings is 1. The van der Waals surface area contributed by atoms with Gasteiger partial charge in [0.1, 0.15) is 5.69 Å². The fraction of sp³-hybridized carbons (Fsp3) is 0.524. The first-order chi connectivity index (χ1) is 12.5. The number of hydrogen-bond donors (Lipinski definition) is 2. The second-order valence-electron chi connectivity index (χ2n) is 7.80. The number of aromatic nitrogens is 2. The van der Waals surface area contributed by atoms with Crippen molar-refractivity contribution in [3.05, 3.63) is 53.3 Å². The molecule has 1 saturated heterocycles. The van der Waals surface area contributed by atoms with Crippen molar-refractivity contribution < 1.29 is 4.79 Å². The highest BCUT2D eigenvalue weighted by molar-refractivity contribution is 5.92. The Morgan fingerprint density at radius 2 is 2.08 bits per heavy atom. The van der Waals surface area contributed by atoms with Crippen LogP contribution in [0, 0.1) is 0 Å². The third-order valence-electron chi connectivity index (χ3n) is 5.56. The fourth-order valence-electron chi connectivity index (χ4n) is 3.27. The zero-order valence-electron chi connectivity index (χ0n) is 16.1. The lowest BCUT2D eigenvalue weighted by Crippen LogP contribution is -2.32. The molecular weight excluding hydrogens is 324 g/mol. The van der Waals surface area contributed by atoms with Gasteiger partial charge in [0.2, 0.25) is 0 Å². The predicted octanol–water partition coefficient (Wildman–Crippen LogP) is 3.43. The number of benzene rings is 1. The monoisotopic (exact) mass is 354 g/mol. The molecule has 1 aromatic carbocycles. The highest BCUT2D eigenvalue weighted by Gasteiger charge is 2.19. The minimum Gasteiger partial charge on any atom is -0.347 e. The fourth-order valence-corrected chi connectivity index (χ4v) is 3.27. The molecule has 5 heteroatoms. The van der Waals surface area contributed by atoms with Crippen molar-refractivity contribution in [2.24, 2.45) is 0 Å². The Morgan fingerprint density at radius 3 is 2.73 bits per heavy atom. The second-order valence-corrected chi connectivity index (χ2v) is 7.80. The highest BCUT2D eigenvalue weighted by atomic mass is 16.1.